The summed E-state index contributed by atoms with van der Waals surface area (Å²) in [6.07, 6.45) is 5.05. The minimum Gasteiger partial charge on any atom is -0.472 e. The summed E-state index contributed by atoms with van der Waals surface area (Å²) in [6, 6.07) is 3.78. The van der Waals surface area contributed by atoms with E-state index in [-0.39, 0.29) is 0 Å². The van der Waals surface area contributed by atoms with Crippen molar-refractivity contribution < 1.29 is 4.42 Å². The molecule has 0 amide bonds. The van der Waals surface area contributed by atoms with Crippen LogP contribution in [0.4, 0.5) is 5.82 Å². The lowest BCUT2D eigenvalue weighted by atomic mass is 10.1. The average Bonchev–Trinajstić information content (AvgIpc) is 2.78. The number of furan rings is 1. The van der Waals surface area contributed by atoms with E-state index in [2.05, 4.69) is 10.3 Å². The van der Waals surface area contributed by atoms with Crippen molar-refractivity contribution in [2.24, 2.45) is 5.73 Å². The van der Waals surface area contributed by atoms with E-state index in [1.807, 2.05) is 19.1 Å². The third-order valence-electron chi connectivity index (χ3n) is 2.45. The number of aromatic nitrogens is 1. The van der Waals surface area contributed by atoms with E-state index in [1.54, 1.807) is 18.7 Å². The van der Waals surface area contributed by atoms with E-state index < -0.39 is 0 Å². The van der Waals surface area contributed by atoms with Gasteiger partial charge in [-0.1, -0.05) is 12.2 Å². The second kappa shape index (κ2) is 4.97. The molecule has 3 N–H and O–H groups in total. The zero-order chi connectivity index (χ0) is 12.3. The van der Waals surface area contributed by atoms with Gasteiger partial charge in [0.2, 0.25) is 0 Å². The van der Waals surface area contributed by atoms with Gasteiger partial charge in [0, 0.05) is 18.3 Å². The van der Waals surface area contributed by atoms with Gasteiger partial charge in [-0.15, -0.1) is 0 Å². The van der Waals surface area contributed by atoms with Gasteiger partial charge in [-0.3, -0.25) is 0 Å². The van der Waals surface area contributed by atoms with Gasteiger partial charge in [-0.25, -0.2) is 4.98 Å². The van der Waals surface area contributed by atoms with Gasteiger partial charge >= 0.3 is 0 Å². The summed E-state index contributed by atoms with van der Waals surface area (Å²) in [7, 11) is 0. The molecule has 0 unspecified atom stereocenters. The van der Waals surface area contributed by atoms with Gasteiger partial charge in [0.15, 0.2) is 0 Å². The van der Waals surface area contributed by atoms with Crippen molar-refractivity contribution in [2.75, 3.05) is 5.32 Å². The fourth-order valence-electron chi connectivity index (χ4n) is 1.58. The monoisotopic (exact) mass is 247 g/mol. The molecule has 0 saturated heterocycles. The number of nitrogens with zero attached hydrogens (tertiary/aromatic N) is 1. The molecule has 0 atom stereocenters. The minimum atomic E-state index is 0.352. The van der Waals surface area contributed by atoms with Crippen molar-refractivity contribution in [1.29, 1.82) is 0 Å². The molecule has 0 aliphatic rings. The maximum Gasteiger partial charge on any atom is 0.136 e. The first-order valence-corrected chi connectivity index (χ1v) is 5.59. The summed E-state index contributed by atoms with van der Waals surface area (Å²) in [5.41, 5.74) is 8.55. The lowest BCUT2D eigenvalue weighted by molar-refractivity contribution is 0.564. The largest absolute Gasteiger partial charge is 0.472 e. The van der Waals surface area contributed by atoms with E-state index in [4.69, 9.17) is 22.4 Å². The highest BCUT2D eigenvalue weighted by Gasteiger charge is 2.09. The lowest BCUT2D eigenvalue weighted by Crippen LogP contribution is -2.16. The Morgan fingerprint density at radius 1 is 1.53 bits per heavy atom. The SMILES string of the molecule is Cc1ccnc(NCc2ccoc2)c1C(N)=S. The molecule has 4 nitrogen and oxygen atoms in total. The molecule has 0 fully saturated rings. The van der Waals surface area contributed by atoms with Gasteiger partial charge < -0.3 is 15.5 Å². The number of thiocarbonyl (C=S) groups is 1. The lowest BCUT2D eigenvalue weighted by Gasteiger charge is -2.11. The van der Waals surface area contributed by atoms with Crippen LogP contribution in [0.1, 0.15) is 16.7 Å². The highest BCUT2D eigenvalue weighted by molar-refractivity contribution is 7.80. The van der Waals surface area contributed by atoms with Crippen molar-refractivity contribution in [1.82, 2.24) is 4.98 Å². The van der Waals surface area contributed by atoms with Crippen LogP contribution >= 0.6 is 12.2 Å². The Labute approximate surface area is 105 Å². The third kappa shape index (κ3) is 2.62. The van der Waals surface area contributed by atoms with Gasteiger partial charge in [0.05, 0.1) is 18.1 Å². The molecule has 0 bridgehead atoms. The Balaban J connectivity index is 2.21. The smallest absolute Gasteiger partial charge is 0.136 e. The predicted octanol–water partition coefficient (Wildman–Crippen LogP) is 2.23. The molecule has 17 heavy (non-hydrogen) atoms. The van der Waals surface area contributed by atoms with E-state index in [1.165, 1.54) is 0 Å². The van der Waals surface area contributed by atoms with Crippen molar-refractivity contribution >= 4 is 23.0 Å². The number of hydrogen-bond acceptors (Lipinski definition) is 4. The normalized spacial score (nSPS) is 10.2. The molecular weight excluding hydrogens is 234 g/mol. The molecule has 0 aromatic carbocycles. The molecule has 2 aromatic rings. The molecule has 0 aliphatic heterocycles. The summed E-state index contributed by atoms with van der Waals surface area (Å²) in [5, 5.41) is 3.20. The zero-order valence-corrected chi connectivity index (χ0v) is 10.3. The average molecular weight is 247 g/mol. The standard InChI is InChI=1S/C12H13N3OS/c1-8-2-4-14-12(10(8)11(13)17)15-6-9-3-5-16-7-9/h2-5,7H,6H2,1H3,(H2,13,17)(H,14,15). The minimum absolute atomic E-state index is 0.352. The van der Waals surface area contributed by atoms with Crippen LogP contribution in [-0.2, 0) is 6.54 Å². The first-order valence-electron chi connectivity index (χ1n) is 5.19. The molecule has 5 heteroatoms. The Bertz CT molecular complexity index is 523. The summed E-state index contributed by atoms with van der Waals surface area (Å²) in [4.78, 5) is 4.60. The second-order valence-electron chi connectivity index (χ2n) is 3.70. The van der Waals surface area contributed by atoms with E-state index >= 15 is 0 Å². The number of pyridine rings is 1. The number of hydrogen-bond donors (Lipinski definition) is 2. The van der Waals surface area contributed by atoms with E-state index in [0.29, 0.717) is 17.4 Å². The fraction of sp³-hybridized carbons (Fsp3) is 0.167. The predicted molar refractivity (Wildman–Crippen MR) is 70.9 cm³/mol. The van der Waals surface area contributed by atoms with Crippen LogP contribution in [0.3, 0.4) is 0 Å². The molecule has 0 spiro atoms. The van der Waals surface area contributed by atoms with Gasteiger partial charge in [-0.05, 0) is 24.6 Å². The molecule has 2 heterocycles. The van der Waals surface area contributed by atoms with Crippen molar-refractivity contribution in [3.05, 3.63) is 47.5 Å². The molecule has 2 aromatic heterocycles. The summed E-state index contributed by atoms with van der Waals surface area (Å²) in [6.45, 7) is 2.59. The Morgan fingerprint density at radius 2 is 2.35 bits per heavy atom. The quantitative estimate of drug-likeness (QED) is 0.811. The zero-order valence-electron chi connectivity index (χ0n) is 9.43. The first-order chi connectivity index (χ1) is 8.18. The van der Waals surface area contributed by atoms with Crippen LogP contribution in [-0.4, -0.2) is 9.97 Å². The van der Waals surface area contributed by atoms with Crippen molar-refractivity contribution in [2.45, 2.75) is 13.5 Å². The summed E-state index contributed by atoms with van der Waals surface area (Å²) < 4.78 is 4.99. The number of rotatable bonds is 4. The molecule has 2 rings (SSSR count). The van der Waals surface area contributed by atoms with Crippen LogP contribution < -0.4 is 11.1 Å². The van der Waals surface area contributed by atoms with E-state index in [9.17, 15) is 0 Å². The Hall–Kier alpha value is -1.88. The van der Waals surface area contributed by atoms with Crippen LogP contribution in [0.5, 0.6) is 0 Å². The Kier molecular flexibility index (Phi) is 3.39. The second-order valence-corrected chi connectivity index (χ2v) is 4.14. The molecule has 88 valence electrons. The highest BCUT2D eigenvalue weighted by atomic mass is 32.1. The van der Waals surface area contributed by atoms with Crippen LogP contribution in [0.2, 0.25) is 0 Å². The number of aryl methyl sites for hydroxylation is 1. The van der Waals surface area contributed by atoms with Crippen LogP contribution in [0.15, 0.2) is 35.3 Å². The maximum atomic E-state index is 5.70. The van der Waals surface area contributed by atoms with Gasteiger partial charge in [0.1, 0.15) is 10.8 Å². The Morgan fingerprint density at radius 3 is 3.00 bits per heavy atom. The van der Waals surface area contributed by atoms with Crippen LogP contribution in [0.25, 0.3) is 0 Å². The molecular formula is C12H13N3OS. The molecule has 0 saturated carbocycles. The number of nitrogens with two attached hydrogens (primary N) is 1. The van der Waals surface area contributed by atoms with Gasteiger partial charge in [-0.2, -0.15) is 0 Å². The fourth-order valence-corrected chi connectivity index (χ4v) is 1.84. The van der Waals surface area contributed by atoms with Crippen LogP contribution in [0, 0.1) is 6.92 Å². The van der Waals surface area contributed by atoms with E-state index in [0.717, 1.165) is 16.7 Å². The highest BCUT2D eigenvalue weighted by Crippen LogP contribution is 2.17. The maximum absolute atomic E-state index is 5.70. The molecule has 0 radical (unpaired) electrons. The van der Waals surface area contributed by atoms with Crippen molar-refractivity contribution in [3.63, 3.8) is 0 Å². The number of anilines is 1. The molecule has 0 aliphatic carbocycles. The van der Waals surface area contributed by atoms with Gasteiger partial charge in [0.25, 0.3) is 0 Å². The summed E-state index contributed by atoms with van der Waals surface area (Å²) >= 11 is 5.03. The first kappa shape index (κ1) is 11.6. The summed E-state index contributed by atoms with van der Waals surface area (Å²) in [5.74, 6) is 0.707. The number of nitrogens with one attached hydrogen (secondary N) is 1. The topological polar surface area (TPSA) is 64.1 Å². The van der Waals surface area contributed by atoms with Crippen molar-refractivity contribution in [3.8, 4) is 0 Å². The third-order valence-corrected chi connectivity index (χ3v) is 2.65.